The van der Waals surface area contributed by atoms with Crippen LogP contribution in [0.1, 0.15) is 47.5 Å². The second-order valence-corrected chi connectivity index (χ2v) is 7.86. The van der Waals surface area contributed by atoms with Gasteiger partial charge in [0, 0.05) is 6.54 Å². The summed E-state index contributed by atoms with van der Waals surface area (Å²) < 4.78 is 29.7. The van der Waals surface area contributed by atoms with Crippen LogP contribution in [-0.2, 0) is 14.8 Å². The Morgan fingerprint density at radius 2 is 1.78 bits per heavy atom. The van der Waals surface area contributed by atoms with Gasteiger partial charge < -0.3 is 4.74 Å². The zero-order valence-corrected chi connectivity index (χ0v) is 13.4. The Balaban J connectivity index is 3.76. The van der Waals surface area contributed by atoms with E-state index in [2.05, 4.69) is 32.4 Å². The van der Waals surface area contributed by atoms with Crippen LogP contribution in [0.3, 0.4) is 0 Å². The Morgan fingerprint density at radius 3 is 2.22 bits per heavy atom. The lowest BCUT2D eigenvalue weighted by Gasteiger charge is -2.30. The van der Waals surface area contributed by atoms with Crippen molar-refractivity contribution in [2.75, 3.05) is 19.4 Å². The Hall–Kier alpha value is -0.130. The first-order valence-electron chi connectivity index (χ1n) is 6.61. The van der Waals surface area contributed by atoms with Gasteiger partial charge in [-0.2, -0.15) is 0 Å². The third kappa shape index (κ3) is 8.89. The lowest BCUT2D eigenvalue weighted by molar-refractivity contribution is 0.0507. The van der Waals surface area contributed by atoms with E-state index in [0.29, 0.717) is 24.5 Å². The summed E-state index contributed by atoms with van der Waals surface area (Å²) in [5, 5.41) is 0. The van der Waals surface area contributed by atoms with Crippen molar-refractivity contribution in [2.24, 2.45) is 11.3 Å². The molecule has 0 rings (SSSR count). The molecule has 1 N–H and O–H groups in total. The van der Waals surface area contributed by atoms with Gasteiger partial charge in [0.05, 0.1) is 19.0 Å². The standard InChI is InChI=1S/C13H29NO3S/c1-11(2)13(4,5)8-7-12(3)17-10-9-14-18(6,15)16/h11-12,14H,7-10H2,1-6H3. The maximum atomic E-state index is 10.8. The predicted molar refractivity (Wildman–Crippen MR) is 76.1 cm³/mol. The quantitative estimate of drug-likeness (QED) is 0.659. The molecular formula is C13H29NO3S. The van der Waals surface area contributed by atoms with Crippen LogP contribution in [0.2, 0.25) is 0 Å². The SMILES string of the molecule is CC(CCC(C)(C)C(C)C)OCCNS(C)(=O)=O. The first-order valence-corrected chi connectivity index (χ1v) is 8.50. The average molecular weight is 279 g/mol. The van der Waals surface area contributed by atoms with Crippen LogP contribution < -0.4 is 4.72 Å². The molecule has 1 atom stereocenters. The second kappa shape index (κ2) is 7.46. The van der Waals surface area contributed by atoms with Crippen molar-refractivity contribution in [3.8, 4) is 0 Å². The van der Waals surface area contributed by atoms with Gasteiger partial charge in [-0.1, -0.05) is 27.7 Å². The number of sulfonamides is 1. The topological polar surface area (TPSA) is 55.4 Å². The van der Waals surface area contributed by atoms with Gasteiger partial charge >= 0.3 is 0 Å². The first kappa shape index (κ1) is 17.9. The third-order valence-electron chi connectivity index (χ3n) is 3.63. The van der Waals surface area contributed by atoms with Crippen LogP contribution in [0.25, 0.3) is 0 Å². The predicted octanol–water partition coefficient (Wildman–Crippen LogP) is 2.40. The molecule has 0 heterocycles. The number of ether oxygens (including phenoxy) is 1. The van der Waals surface area contributed by atoms with Crippen molar-refractivity contribution in [3.63, 3.8) is 0 Å². The van der Waals surface area contributed by atoms with Gasteiger partial charge in [-0.25, -0.2) is 13.1 Å². The summed E-state index contributed by atoms with van der Waals surface area (Å²) >= 11 is 0. The maximum Gasteiger partial charge on any atom is 0.208 e. The van der Waals surface area contributed by atoms with E-state index >= 15 is 0 Å². The summed E-state index contributed by atoms with van der Waals surface area (Å²) in [7, 11) is -3.10. The van der Waals surface area contributed by atoms with Crippen molar-refractivity contribution in [1.82, 2.24) is 4.72 Å². The summed E-state index contributed by atoms with van der Waals surface area (Å²) in [5.41, 5.74) is 0.322. The molecule has 0 saturated carbocycles. The van der Waals surface area contributed by atoms with Gasteiger partial charge in [-0.15, -0.1) is 0 Å². The van der Waals surface area contributed by atoms with Crippen molar-refractivity contribution >= 4 is 10.0 Å². The molecule has 0 aliphatic heterocycles. The molecule has 0 fully saturated rings. The Labute approximate surface area is 113 Å². The lowest BCUT2D eigenvalue weighted by atomic mass is 9.77. The van der Waals surface area contributed by atoms with Gasteiger partial charge in [0.1, 0.15) is 0 Å². The highest BCUT2D eigenvalue weighted by atomic mass is 32.2. The van der Waals surface area contributed by atoms with Crippen molar-refractivity contribution in [2.45, 2.75) is 53.6 Å². The van der Waals surface area contributed by atoms with Crippen LogP contribution in [0, 0.1) is 11.3 Å². The highest BCUT2D eigenvalue weighted by Gasteiger charge is 2.22. The van der Waals surface area contributed by atoms with E-state index in [1.807, 2.05) is 6.92 Å². The third-order valence-corrected chi connectivity index (χ3v) is 4.36. The highest BCUT2D eigenvalue weighted by molar-refractivity contribution is 7.88. The van der Waals surface area contributed by atoms with Gasteiger partial charge in [0.15, 0.2) is 0 Å². The zero-order chi connectivity index (χ0) is 14.4. The van der Waals surface area contributed by atoms with E-state index in [1.54, 1.807) is 0 Å². The summed E-state index contributed by atoms with van der Waals surface area (Å²) in [6.45, 7) is 11.8. The molecule has 0 bridgehead atoms. The molecular weight excluding hydrogens is 250 g/mol. The lowest BCUT2D eigenvalue weighted by Crippen LogP contribution is -2.28. The number of hydrogen-bond acceptors (Lipinski definition) is 3. The van der Waals surface area contributed by atoms with Gasteiger partial charge in [-0.05, 0) is 31.1 Å². The molecule has 110 valence electrons. The summed E-state index contributed by atoms with van der Waals surface area (Å²) in [4.78, 5) is 0. The van der Waals surface area contributed by atoms with Crippen molar-refractivity contribution in [3.05, 3.63) is 0 Å². The molecule has 5 heteroatoms. The fourth-order valence-electron chi connectivity index (χ4n) is 1.43. The van der Waals surface area contributed by atoms with Crippen LogP contribution in [-0.4, -0.2) is 33.9 Å². The second-order valence-electron chi connectivity index (χ2n) is 6.03. The van der Waals surface area contributed by atoms with E-state index in [1.165, 1.54) is 0 Å². The van der Waals surface area contributed by atoms with Crippen LogP contribution in [0.15, 0.2) is 0 Å². The highest BCUT2D eigenvalue weighted by Crippen LogP contribution is 2.32. The minimum Gasteiger partial charge on any atom is -0.377 e. The van der Waals surface area contributed by atoms with E-state index in [9.17, 15) is 8.42 Å². The Morgan fingerprint density at radius 1 is 1.22 bits per heavy atom. The Kier molecular flexibility index (Phi) is 7.40. The molecule has 0 aromatic heterocycles. The number of hydrogen-bond donors (Lipinski definition) is 1. The largest absolute Gasteiger partial charge is 0.377 e. The fraction of sp³-hybridized carbons (Fsp3) is 1.00. The molecule has 0 radical (unpaired) electrons. The molecule has 4 nitrogen and oxygen atoms in total. The molecule has 0 amide bonds. The monoisotopic (exact) mass is 279 g/mol. The number of rotatable bonds is 9. The van der Waals surface area contributed by atoms with E-state index in [0.717, 1.165) is 19.1 Å². The summed E-state index contributed by atoms with van der Waals surface area (Å²) in [6.07, 6.45) is 3.45. The molecule has 0 saturated heterocycles. The van der Waals surface area contributed by atoms with Gasteiger partial charge in [-0.3, -0.25) is 0 Å². The zero-order valence-electron chi connectivity index (χ0n) is 12.6. The van der Waals surface area contributed by atoms with Crippen molar-refractivity contribution < 1.29 is 13.2 Å². The first-order chi connectivity index (χ1) is 8.04. The minimum atomic E-state index is -3.10. The maximum absolute atomic E-state index is 10.8. The summed E-state index contributed by atoms with van der Waals surface area (Å²) in [6, 6.07) is 0. The van der Waals surface area contributed by atoms with Crippen LogP contribution in [0.5, 0.6) is 0 Å². The summed E-state index contributed by atoms with van der Waals surface area (Å²) in [5.74, 6) is 0.650. The minimum absolute atomic E-state index is 0.171. The van der Waals surface area contributed by atoms with E-state index in [4.69, 9.17) is 4.74 Å². The average Bonchev–Trinajstić information content (AvgIpc) is 2.20. The normalized spacial score (nSPS) is 15.1. The number of nitrogens with one attached hydrogen (secondary N) is 1. The fourth-order valence-corrected chi connectivity index (χ4v) is 1.89. The van der Waals surface area contributed by atoms with Gasteiger partial charge in [0.25, 0.3) is 0 Å². The van der Waals surface area contributed by atoms with Gasteiger partial charge in [0.2, 0.25) is 10.0 Å². The van der Waals surface area contributed by atoms with E-state index in [-0.39, 0.29) is 6.10 Å². The molecule has 0 spiro atoms. The molecule has 0 aromatic rings. The molecule has 0 aliphatic rings. The van der Waals surface area contributed by atoms with Crippen LogP contribution in [0.4, 0.5) is 0 Å². The molecule has 18 heavy (non-hydrogen) atoms. The van der Waals surface area contributed by atoms with E-state index < -0.39 is 10.0 Å². The van der Waals surface area contributed by atoms with Crippen LogP contribution >= 0.6 is 0 Å². The van der Waals surface area contributed by atoms with Crippen molar-refractivity contribution in [1.29, 1.82) is 0 Å². The molecule has 0 aromatic carbocycles. The molecule has 1 unspecified atom stereocenters. The smallest absolute Gasteiger partial charge is 0.208 e. The molecule has 0 aliphatic carbocycles. The Bertz CT molecular complexity index is 323.